The second kappa shape index (κ2) is 5.72. The molecule has 0 saturated carbocycles. The van der Waals surface area contributed by atoms with Gasteiger partial charge in [-0.2, -0.15) is 9.28 Å². The number of quaternary nitrogens is 1. The predicted octanol–water partition coefficient (Wildman–Crippen LogP) is 3.52. The Labute approximate surface area is 142 Å². The summed E-state index contributed by atoms with van der Waals surface area (Å²) in [6, 6.07) is 4.44. The lowest BCUT2D eigenvalue weighted by atomic mass is 9.80. The molecule has 2 unspecified atom stereocenters. The molecule has 23 heavy (non-hydrogen) atoms. The van der Waals surface area contributed by atoms with Crippen molar-refractivity contribution in [3.63, 3.8) is 0 Å². The quantitative estimate of drug-likeness (QED) is 0.601. The van der Waals surface area contributed by atoms with Crippen LogP contribution in [0.2, 0.25) is 0 Å². The maximum absolute atomic E-state index is 12.9. The van der Waals surface area contributed by atoms with Gasteiger partial charge in [0, 0.05) is 17.0 Å². The summed E-state index contributed by atoms with van der Waals surface area (Å²) in [5.74, 6) is -1.79. The van der Waals surface area contributed by atoms with Gasteiger partial charge in [-0.25, -0.2) is 0 Å². The molecule has 0 spiro atoms. The SMILES string of the molecule is CC(C)[N+]1(C(=O)O)CCC(C)(C(=O)O)C(=O)c2cc(Br)ccc21. The number of nitrogens with zero attached hydrogens (tertiary/aromatic N) is 1. The van der Waals surface area contributed by atoms with Crippen molar-refractivity contribution >= 4 is 39.5 Å². The molecule has 1 aromatic rings. The fourth-order valence-corrected chi connectivity index (χ4v) is 3.49. The number of rotatable bonds is 2. The maximum Gasteiger partial charge on any atom is 0.519 e. The highest BCUT2D eigenvalue weighted by molar-refractivity contribution is 9.10. The van der Waals surface area contributed by atoms with Crippen LogP contribution in [0.1, 0.15) is 37.6 Å². The summed E-state index contributed by atoms with van der Waals surface area (Å²) in [7, 11) is 0. The molecule has 0 aromatic heterocycles. The molecule has 1 heterocycles. The Morgan fingerprint density at radius 3 is 2.39 bits per heavy atom. The topological polar surface area (TPSA) is 91.7 Å². The standard InChI is InChI=1S/C16H18BrNO5/c1-9(2)18(15(22)23)7-6-16(3,14(20)21)13(19)11-8-10(17)4-5-12(11)18/h4-5,8-9H,6-7H2,1-3H3,(H-,20,21,22,23)/p+1. The summed E-state index contributed by atoms with van der Waals surface area (Å²) >= 11 is 3.28. The molecule has 0 bridgehead atoms. The van der Waals surface area contributed by atoms with E-state index in [-0.39, 0.29) is 24.6 Å². The van der Waals surface area contributed by atoms with Crippen molar-refractivity contribution in [1.82, 2.24) is 4.48 Å². The number of fused-ring (bicyclic) bond motifs is 1. The highest BCUT2D eigenvalue weighted by Crippen LogP contribution is 2.42. The van der Waals surface area contributed by atoms with Crippen molar-refractivity contribution < 1.29 is 24.6 Å². The number of benzene rings is 1. The molecule has 0 saturated heterocycles. The number of carbonyl (C=O) groups excluding carboxylic acids is 1. The zero-order valence-corrected chi connectivity index (χ0v) is 14.8. The van der Waals surface area contributed by atoms with Gasteiger partial charge < -0.3 is 10.2 Å². The van der Waals surface area contributed by atoms with Crippen molar-refractivity contribution in [2.75, 3.05) is 6.54 Å². The smallest absolute Gasteiger partial charge is 0.480 e. The van der Waals surface area contributed by atoms with Crippen LogP contribution in [0.4, 0.5) is 10.5 Å². The van der Waals surface area contributed by atoms with E-state index in [2.05, 4.69) is 15.9 Å². The molecule has 6 nitrogen and oxygen atoms in total. The average molecular weight is 385 g/mol. The van der Waals surface area contributed by atoms with E-state index in [9.17, 15) is 24.6 Å². The monoisotopic (exact) mass is 384 g/mol. The number of halogens is 1. The lowest BCUT2D eigenvalue weighted by molar-refractivity contribution is -0.145. The van der Waals surface area contributed by atoms with Crippen LogP contribution in [0, 0.1) is 5.41 Å². The zero-order chi connectivity index (χ0) is 17.6. The van der Waals surface area contributed by atoms with Gasteiger partial charge in [-0.3, -0.25) is 9.59 Å². The number of carboxylic acid groups (broad SMARTS) is 2. The third kappa shape index (κ3) is 2.48. The van der Waals surface area contributed by atoms with Gasteiger partial charge in [-0.1, -0.05) is 15.9 Å². The Bertz CT molecular complexity index is 702. The van der Waals surface area contributed by atoms with Gasteiger partial charge in [-0.05, 0) is 32.9 Å². The molecule has 2 atom stereocenters. The molecule has 0 aliphatic carbocycles. The van der Waals surface area contributed by atoms with Gasteiger partial charge in [0.25, 0.3) is 0 Å². The van der Waals surface area contributed by atoms with Gasteiger partial charge in [0.05, 0.1) is 18.2 Å². The maximum atomic E-state index is 12.9. The number of hydrogen-bond acceptors (Lipinski definition) is 3. The van der Waals surface area contributed by atoms with Crippen LogP contribution in [0.5, 0.6) is 0 Å². The molecule has 7 heteroatoms. The Hall–Kier alpha value is -1.73. The van der Waals surface area contributed by atoms with Crippen LogP contribution in [-0.2, 0) is 4.79 Å². The molecule has 1 aliphatic heterocycles. The minimum absolute atomic E-state index is 0.0379. The molecular weight excluding hydrogens is 366 g/mol. The van der Waals surface area contributed by atoms with E-state index in [0.29, 0.717) is 10.2 Å². The number of carbonyl (C=O) groups is 3. The van der Waals surface area contributed by atoms with Crippen LogP contribution >= 0.6 is 15.9 Å². The number of amides is 1. The summed E-state index contributed by atoms with van der Waals surface area (Å²) in [5.41, 5.74) is -1.15. The lowest BCUT2D eigenvalue weighted by Gasteiger charge is -2.36. The first-order chi connectivity index (χ1) is 10.6. The largest absolute Gasteiger partial charge is 0.519 e. The zero-order valence-electron chi connectivity index (χ0n) is 13.2. The Balaban J connectivity index is 2.85. The summed E-state index contributed by atoms with van der Waals surface area (Å²) in [5, 5.41) is 19.4. The fraction of sp³-hybridized carbons (Fsp3) is 0.438. The second-order valence-corrected chi connectivity index (χ2v) is 7.26. The Morgan fingerprint density at radius 2 is 1.91 bits per heavy atom. The second-order valence-electron chi connectivity index (χ2n) is 6.35. The molecule has 0 radical (unpaired) electrons. The van der Waals surface area contributed by atoms with Crippen LogP contribution in [0.15, 0.2) is 22.7 Å². The van der Waals surface area contributed by atoms with E-state index in [4.69, 9.17) is 0 Å². The van der Waals surface area contributed by atoms with Crippen molar-refractivity contribution in [2.45, 2.75) is 33.2 Å². The number of carboxylic acids is 1. The van der Waals surface area contributed by atoms with E-state index < -0.39 is 27.7 Å². The van der Waals surface area contributed by atoms with E-state index in [0.717, 1.165) is 0 Å². The van der Waals surface area contributed by atoms with Crippen LogP contribution in [-0.4, -0.2) is 40.6 Å². The molecule has 0 fully saturated rings. The molecular formula is C16H19BrNO5+. The molecule has 2 N–H and O–H groups in total. The Kier molecular flexibility index (Phi) is 4.38. The Morgan fingerprint density at radius 1 is 1.30 bits per heavy atom. The highest BCUT2D eigenvalue weighted by Gasteiger charge is 2.54. The van der Waals surface area contributed by atoms with Gasteiger partial charge in [0.1, 0.15) is 5.41 Å². The predicted molar refractivity (Wildman–Crippen MR) is 88.7 cm³/mol. The van der Waals surface area contributed by atoms with Gasteiger partial charge in [0.2, 0.25) is 0 Å². The number of ketones is 1. The normalized spacial score (nSPS) is 27.4. The molecule has 2 rings (SSSR count). The lowest BCUT2D eigenvalue weighted by Crippen LogP contribution is -2.59. The van der Waals surface area contributed by atoms with Crippen molar-refractivity contribution in [3.05, 3.63) is 28.2 Å². The minimum atomic E-state index is -1.64. The van der Waals surface area contributed by atoms with E-state index >= 15 is 0 Å². The summed E-state index contributed by atoms with van der Waals surface area (Å²) < 4.78 is 0.142. The van der Waals surface area contributed by atoms with E-state index in [1.807, 2.05) is 0 Å². The molecule has 1 amide bonds. The number of Topliss-reactive ketones (excluding diaryl/α,β-unsaturated/α-hetero) is 1. The highest BCUT2D eigenvalue weighted by atomic mass is 79.9. The number of aliphatic carboxylic acids is 1. The van der Waals surface area contributed by atoms with Crippen molar-refractivity contribution in [3.8, 4) is 0 Å². The van der Waals surface area contributed by atoms with Gasteiger partial charge in [0.15, 0.2) is 11.5 Å². The third-order valence-corrected chi connectivity index (χ3v) is 5.29. The molecule has 1 aromatic carbocycles. The third-order valence-electron chi connectivity index (χ3n) is 4.79. The molecule has 124 valence electrons. The average Bonchev–Trinajstić information content (AvgIpc) is 2.55. The fourth-order valence-electron chi connectivity index (χ4n) is 3.13. The van der Waals surface area contributed by atoms with Gasteiger partial charge >= 0.3 is 12.1 Å². The number of hydrogen-bond donors (Lipinski definition) is 2. The first kappa shape index (κ1) is 17.6. The van der Waals surface area contributed by atoms with Crippen LogP contribution < -0.4 is 4.48 Å². The van der Waals surface area contributed by atoms with Crippen LogP contribution in [0.25, 0.3) is 0 Å². The van der Waals surface area contributed by atoms with E-state index in [1.165, 1.54) is 13.0 Å². The van der Waals surface area contributed by atoms with E-state index in [1.54, 1.807) is 26.0 Å². The summed E-state index contributed by atoms with van der Waals surface area (Å²) in [6.07, 6.45) is -1.14. The van der Waals surface area contributed by atoms with Crippen molar-refractivity contribution in [2.24, 2.45) is 5.41 Å². The summed E-state index contributed by atoms with van der Waals surface area (Å²) in [6.45, 7) is 4.92. The first-order valence-corrected chi connectivity index (χ1v) is 8.06. The first-order valence-electron chi connectivity index (χ1n) is 7.27. The molecule has 1 aliphatic rings. The summed E-state index contributed by atoms with van der Waals surface area (Å²) in [4.78, 5) is 36.7. The van der Waals surface area contributed by atoms with Gasteiger partial charge in [-0.15, -0.1) is 0 Å². The van der Waals surface area contributed by atoms with Crippen LogP contribution in [0.3, 0.4) is 0 Å². The minimum Gasteiger partial charge on any atom is -0.480 e. The van der Waals surface area contributed by atoms with Crippen molar-refractivity contribution in [1.29, 1.82) is 0 Å².